The van der Waals surface area contributed by atoms with Gasteiger partial charge in [0, 0.05) is 12.5 Å². The van der Waals surface area contributed by atoms with Crippen molar-refractivity contribution in [3.8, 4) is 0 Å². The first-order valence-corrected chi connectivity index (χ1v) is 15.1. The van der Waals surface area contributed by atoms with Gasteiger partial charge in [0.05, 0.1) is 12.8 Å². The average molecular weight is 496 g/mol. The summed E-state index contributed by atoms with van der Waals surface area (Å²) in [7, 11) is -1.94. The van der Waals surface area contributed by atoms with E-state index in [1.807, 2.05) is 0 Å². The smallest absolute Gasteiger partial charge is 0.157 e. The minimum Gasteiger partial charge on any atom is -0.353 e. The molecule has 184 valence electrons. The maximum Gasteiger partial charge on any atom is 0.157 e. The molecule has 4 aromatic rings. The zero-order chi connectivity index (χ0) is 24.5. The molecule has 5 rings (SSSR count). The van der Waals surface area contributed by atoms with Crippen LogP contribution < -0.4 is 15.9 Å². The minimum atomic E-state index is -1.94. The van der Waals surface area contributed by atoms with Crippen molar-refractivity contribution in [2.24, 2.45) is 5.92 Å². The molecule has 1 saturated heterocycles. The van der Waals surface area contributed by atoms with Gasteiger partial charge in [-0.2, -0.15) is 0 Å². The van der Waals surface area contributed by atoms with Gasteiger partial charge in [-0.25, -0.2) is 0 Å². The highest BCUT2D eigenvalue weighted by Crippen LogP contribution is 2.57. The lowest BCUT2D eigenvalue weighted by molar-refractivity contribution is -0.167. The second-order valence-corrected chi connectivity index (χ2v) is 13.2. The number of hydrogen-bond donors (Lipinski definition) is 0. The molecule has 1 aliphatic rings. The predicted molar refractivity (Wildman–Crippen MR) is 153 cm³/mol. The number of benzene rings is 4. The first kappa shape index (κ1) is 24.9. The lowest BCUT2D eigenvalue weighted by atomic mass is 10.0. The summed E-state index contributed by atoms with van der Waals surface area (Å²) >= 11 is 0. The van der Waals surface area contributed by atoms with Gasteiger partial charge in [-0.3, -0.25) is 0 Å². The Kier molecular flexibility index (Phi) is 8.62. The molecule has 4 aromatic carbocycles. The molecule has 0 bridgehead atoms. The Labute approximate surface area is 216 Å². The van der Waals surface area contributed by atoms with Gasteiger partial charge >= 0.3 is 0 Å². The molecule has 0 spiro atoms. The predicted octanol–water partition coefficient (Wildman–Crippen LogP) is 6.38. The van der Waals surface area contributed by atoms with Crippen molar-refractivity contribution in [3.05, 3.63) is 127 Å². The van der Waals surface area contributed by atoms with E-state index >= 15 is 0 Å². The second kappa shape index (κ2) is 12.5. The van der Waals surface area contributed by atoms with Gasteiger partial charge in [0.2, 0.25) is 0 Å². The van der Waals surface area contributed by atoms with E-state index in [0.29, 0.717) is 12.5 Å². The number of hydrogen-bond acceptors (Lipinski definition) is 2. The van der Waals surface area contributed by atoms with Crippen molar-refractivity contribution in [3.63, 3.8) is 0 Å². The largest absolute Gasteiger partial charge is 0.353 e. The third-order valence-corrected chi connectivity index (χ3v) is 11.7. The SMILES string of the molecule is c1ccc(CC(COC2CCCCO2)C[P+](c2ccccc2)(c2ccccc2)c2ccccc2)cc1. The Balaban J connectivity index is 1.57. The van der Waals surface area contributed by atoms with Crippen LogP contribution in [0, 0.1) is 5.92 Å². The van der Waals surface area contributed by atoms with Crippen molar-refractivity contribution >= 4 is 23.2 Å². The molecule has 0 aliphatic carbocycles. The molecule has 2 unspecified atom stereocenters. The fraction of sp³-hybridized carbons (Fsp3) is 0.273. The summed E-state index contributed by atoms with van der Waals surface area (Å²) in [5.74, 6) is 0.354. The summed E-state index contributed by atoms with van der Waals surface area (Å²) in [5, 5.41) is 4.28. The highest BCUT2D eigenvalue weighted by molar-refractivity contribution is 7.95. The van der Waals surface area contributed by atoms with E-state index in [2.05, 4.69) is 121 Å². The molecule has 0 saturated carbocycles. The molecule has 0 amide bonds. The highest BCUT2D eigenvalue weighted by Gasteiger charge is 2.47. The van der Waals surface area contributed by atoms with Gasteiger partial charge < -0.3 is 9.47 Å². The molecule has 1 fully saturated rings. The molecule has 2 atom stereocenters. The normalized spacial score (nSPS) is 16.9. The summed E-state index contributed by atoms with van der Waals surface area (Å²) in [6.07, 6.45) is 5.28. The summed E-state index contributed by atoms with van der Waals surface area (Å²) in [5.41, 5.74) is 1.36. The van der Waals surface area contributed by atoms with Crippen LogP contribution in [0.5, 0.6) is 0 Å². The molecule has 1 aliphatic heterocycles. The van der Waals surface area contributed by atoms with Crippen LogP contribution in [0.4, 0.5) is 0 Å². The number of ether oxygens (including phenoxy) is 2. The quantitative estimate of drug-likeness (QED) is 0.238. The van der Waals surface area contributed by atoms with Gasteiger partial charge in [0.1, 0.15) is 23.2 Å². The lowest BCUT2D eigenvalue weighted by Crippen LogP contribution is -2.37. The minimum absolute atomic E-state index is 0.0741. The van der Waals surface area contributed by atoms with Gasteiger partial charge in [-0.15, -0.1) is 0 Å². The fourth-order valence-electron chi connectivity index (χ4n) is 5.41. The van der Waals surface area contributed by atoms with Crippen LogP contribution in [0.3, 0.4) is 0 Å². The third-order valence-electron chi connectivity index (χ3n) is 7.15. The van der Waals surface area contributed by atoms with Crippen molar-refractivity contribution in [1.82, 2.24) is 0 Å². The van der Waals surface area contributed by atoms with Crippen molar-refractivity contribution < 1.29 is 9.47 Å². The molecule has 36 heavy (non-hydrogen) atoms. The Morgan fingerprint density at radius 1 is 0.667 bits per heavy atom. The van der Waals surface area contributed by atoms with Gasteiger partial charge in [-0.1, -0.05) is 84.9 Å². The van der Waals surface area contributed by atoms with Crippen LogP contribution in [0.1, 0.15) is 24.8 Å². The van der Waals surface area contributed by atoms with Crippen molar-refractivity contribution in [2.75, 3.05) is 19.4 Å². The third kappa shape index (κ3) is 5.95. The number of rotatable bonds is 10. The Bertz CT molecular complexity index is 1060. The van der Waals surface area contributed by atoms with Gasteiger partial charge in [0.15, 0.2) is 6.29 Å². The second-order valence-electron chi connectivity index (χ2n) is 9.68. The molecule has 0 N–H and O–H groups in total. The van der Waals surface area contributed by atoms with Crippen LogP contribution in [0.15, 0.2) is 121 Å². The lowest BCUT2D eigenvalue weighted by Gasteiger charge is -2.32. The van der Waals surface area contributed by atoms with Crippen molar-refractivity contribution in [2.45, 2.75) is 32.0 Å². The zero-order valence-electron chi connectivity index (χ0n) is 20.9. The molecule has 3 heteroatoms. The van der Waals surface area contributed by atoms with Gasteiger partial charge in [-0.05, 0) is 67.6 Å². The molecule has 1 heterocycles. The van der Waals surface area contributed by atoms with Crippen LogP contribution in [0.2, 0.25) is 0 Å². The van der Waals surface area contributed by atoms with E-state index in [0.717, 1.165) is 32.0 Å². The summed E-state index contributed by atoms with van der Waals surface area (Å²) in [4.78, 5) is 0. The van der Waals surface area contributed by atoms with Crippen LogP contribution in [0.25, 0.3) is 0 Å². The maximum absolute atomic E-state index is 6.47. The molecule has 0 radical (unpaired) electrons. The monoisotopic (exact) mass is 495 g/mol. The summed E-state index contributed by atoms with van der Waals surface area (Å²) in [6, 6.07) is 44.4. The van der Waals surface area contributed by atoms with E-state index in [1.54, 1.807) is 0 Å². The highest BCUT2D eigenvalue weighted by atomic mass is 31.2. The van der Waals surface area contributed by atoms with E-state index in [-0.39, 0.29) is 6.29 Å². The fourth-order valence-corrected chi connectivity index (χ4v) is 9.99. The summed E-state index contributed by atoms with van der Waals surface area (Å²) in [6.45, 7) is 1.51. The van der Waals surface area contributed by atoms with E-state index < -0.39 is 7.26 Å². The van der Waals surface area contributed by atoms with E-state index in [4.69, 9.17) is 9.47 Å². The molecule has 0 aromatic heterocycles. The summed E-state index contributed by atoms with van der Waals surface area (Å²) < 4.78 is 12.4. The Hall–Kier alpha value is -2.77. The average Bonchev–Trinajstić information content (AvgIpc) is 2.97. The molecular formula is C33H36O2P+. The molecular weight excluding hydrogens is 459 g/mol. The first-order valence-electron chi connectivity index (χ1n) is 13.2. The van der Waals surface area contributed by atoms with Crippen LogP contribution in [-0.2, 0) is 15.9 Å². The first-order chi connectivity index (χ1) is 17.8. The van der Waals surface area contributed by atoms with Crippen LogP contribution >= 0.6 is 7.26 Å². The Morgan fingerprint density at radius 3 is 1.64 bits per heavy atom. The topological polar surface area (TPSA) is 18.5 Å². The van der Waals surface area contributed by atoms with E-state index in [1.165, 1.54) is 27.9 Å². The molecule has 2 nitrogen and oxygen atoms in total. The Morgan fingerprint density at radius 2 is 1.17 bits per heavy atom. The van der Waals surface area contributed by atoms with Crippen LogP contribution in [-0.4, -0.2) is 25.7 Å². The zero-order valence-corrected chi connectivity index (χ0v) is 21.8. The van der Waals surface area contributed by atoms with E-state index in [9.17, 15) is 0 Å². The van der Waals surface area contributed by atoms with Crippen molar-refractivity contribution in [1.29, 1.82) is 0 Å². The van der Waals surface area contributed by atoms with Gasteiger partial charge in [0.25, 0.3) is 0 Å². The standard InChI is InChI=1S/C33H36O2P/c1-5-15-28(16-6-1)25-29(26-35-33-23-13-14-24-34-33)27-36(30-17-7-2-8-18-30,31-19-9-3-10-20-31)32-21-11-4-12-22-32/h1-12,15-22,29,33H,13-14,23-27H2/q+1. The maximum atomic E-state index is 6.47.